The number of hydrogen-bond acceptors (Lipinski definition) is 7. The van der Waals surface area contributed by atoms with Gasteiger partial charge in [0.25, 0.3) is 0 Å². The number of anilines is 2. The van der Waals surface area contributed by atoms with Crippen molar-refractivity contribution in [2.45, 2.75) is 39.2 Å². The summed E-state index contributed by atoms with van der Waals surface area (Å²) in [5.41, 5.74) is 12.5. The van der Waals surface area contributed by atoms with Gasteiger partial charge in [-0.2, -0.15) is 5.10 Å². The minimum Gasteiger partial charge on any atom is -0.381 e. The van der Waals surface area contributed by atoms with Crippen molar-refractivity contribution in [3.05, 3.63) is 69.6 Å². The number of nitrogens with two attached hydrogens (primary N) is 1. The third-order valence-corrected chi connectivity index (χ3v) is 6.92. The molecule has 8 nitrogen and oxygen atoms in total. The molecule has 3 aromatic heterocycles. The van der Waals surface area contributed by atoms with Crippen LogP contribution in [0.15, 0.2) is 47.8 Å². The van der Waals surface area contributed by atoms with Gasteiger partial charge < -0.3 is 11.1 Å². The fraction of sp³-hybridized carbons (Fsp3) is 0.292. The Morgan fingerprint density at radius 3 is 2.88 bits per heavy atom. The summed E-state index contributed by atoms with van der Waals surface area (Å²) >= 11 is 1.69. The molecule has 0 radical (unpaired) electrons. The maximum Gasteiger partial charge on any atom is 0.227 e. The van der Waals surface area contributed by atoms with E-state index in [1.54, 1.807) is 28.4 Å². The van der Waals surface area contributed by atoms with Gasteiger partial charge in [-0.25, -0.2) is 15.0 Å². The molecule has 1 aromatic carbocycles. The molecular formula is C24H26N8S. The molecule has 1 aliphatic carbocycles. The number of aliphatic imine (C=N–C) groups is 1. The van der Waals surface area contributed by atoms with Crippen molar-refractivity contribution < 1.29 is 0 Å². The summed E-state index contributed by atoms with van der Waals surface area (Å²) in [5.74, 6) is 1.06. The second kappa shape index (κ2) is 9.11. The molecule has 3 N–H and O–H groups in total. The van der Waals surface area contributed by atoms with Crippen LogP contribution in [0.25, 0.3) is 11.3 Å². The summed E-state index contributed by atoms with van der Waals surface area (Å²) in [6.07, 6.45) is 10.00. The van der Waals surface area contributed by atoms with Crippen LogP contribution in [0, 0.1) is 6.92 Å². The maximum absolute atomic E-state index is 6.28. The van der Waals surface area contributed by atoms with Crippen molar-refractivity contribution in [1.82, 2.24) is 24.7 Å². The Balaban J connectivity index is 1.31. The van der Waals surface area contributed by atoms with Gasteiger partial charge in [-0.05, 0) is 55.9 Å². The number of aromatic nitrogens is 5. The maximum atomic E-state index is 6.28. The quantitative estimate of drug-likeness (QED) is 0.332. The van der Waals surface area contributed by atoms with E-state index in [1.165, 1.54) is 23.4 Å². The molecule has 0 atom stereocenters. The molecule has 0 amide bonds. The lowest BCUT2D eigenvalue weighted by atomic mass is 10.0. The van der Waals surface area contributed by atoms with Crippen LogP contribution in [-0.4, -0.2) is 30.6 Å². The average molecular weight is 459 g/mol. The summed E-state index contributed by atoms with van der Waals surface area (Å²) in [6.45, 7) is 2.61. The van der Waals surface area contributed by atoms with Gasteiger partial charge in [0.1, 0.15) is 0 Å². The smallest absolute Gasteiger partial charge is 0.227 e. The normalized spacial score (nSPS) is 13.7. The Hall–Kier alpha value is -3.59. The zero-order valence-corrected chi connectivity index (χ0v) is 19.6. The Bertz CT molecular complexity index is 1300. The third-order valence-electron chi connectivity index (χ3n) is 5.74. The molecule has 0 bridgehead atoms. The Labute approximate surface area is 196 Å². The van der Waals surface area contributed by atoms with Crippen LogP contribution < -0.4 is 11.1 Å². The molecule has 0 saturated carbocycles. The first-order valence-corrected chi connectivity index (χ1v) is 11.8. The van der Waals surface area contributed by atoms with Gasteiger partial charge in [0.15, 0.2) is 10.8 Å². The summed E-state index contributed by atoms with van der Waals surface area (Å²) in [6, 6.07) is 8.18. The number of nitrogens with zero attached hydrogens (tertiary/aromatic N) is 6. The van der Waals surface area contributed by atoms with E-state index < -0.39 is 0 Å². The minimum atomic E-state index is 0.528. The summed E-state index contributed by atoms with van der Waals surface area (Å²) in [7, 11) is 1.87. The standard InChI is InChI=1S/C24H26N8S/c1-15-11-16(19-9-10-26-24(31-19)29-18-13-28-32(2)14-18)7-8-17(15)12-27-22(25)23-30-20-5-3-4-6-21(20)33-23/h7-11,13-14H,3-6,12H2,1-2H3,(H2,25,27)(H,26,29,31). The number of nitrogens with one attached hydrogen (secondary N) is 1. The number of amidine groups is 1. The highest BCUT2D eigenvalue weighted by Crippen LogP contribution is 2.27. The molecular weight excluding hydrogens is 432 g/mol. The van der Waals surface area contributed by atoms with Crippen LogP contribution in [0.3, 0.4) is 0 Å². The largest absolute Gasteiger partial charge is 0.381 e. The van der Waals surface area contributed by atoms with Crippen molar-refractivity contribution in [2.24, 2.45) is 17.8 Å². The highest BCUT2D eigenvalue weighted by molar-refractivity contribution is 7.13. The predicted octanol–water partition coefficient (Wildman–Crippen LogP) is 4.17. The number of fused-ring (bicyclic) bond motifs is 1. The predicted molar refractivity (Wildman–Crippen MR) is 132 cm³/mol. The lowest BCUT2D eigenvalue weighted by Crippen LogP contribution is -2.13. The number of benzene rings is 1. The Morgan fingerprint density at radius 1 is 1.21 bits per heavy atom. The van der Waals surface area contributed by atoms with E-state index in [0.29, 0.717) is 18.3 Å². The van der Waals surface area contributed by atoms with Gasteiger partial charge in [0.05, 0.1) is 29.8 Å². The van der Waals surface area contributed by atoms with Crippen LogP contribution in [0.2, 0.25) is 0 Å². The highest BCUT2D eigenvalue weighted by atomic mass is 32.1. The molecule has 3 heterocycles. The molecule has 4 aromatic rings. The van der Waals surface area contributed by atoms with Gasteiger partial charge in [-0.15, -0.1) is 11.3 Å². The Kier molecular flexibility index (Phi) is 5.87. The van der Waals surface area contributed by atoms with Gasteiger partial charge in [-0.3, -0.25) is 9.67 Å². The van der Waals surface area contributed by atoms with Gasteiger partial charge in [0.2, 0.25) is 5.95 Å². The average Bonchev–Trinajstić information content (AvgIpc) is 3.44. The number of rotatable bonds is 6. The minimum absolute atomic E-state index is 0.528. The van der Waals surface area contributed by atoms with Crippen LogP contribution >= 0.6 is 11.3 Å². The summed E-state index contributed by atoms with van der Waals surface area (Å²) in [5, 5.41) is 8.19. The van der Waals surface area contributed by atoms with Crippen molar-refractivity contribution in [3.8, 4) is 11.3 Å². The number of hydrogen-bond donors (Lipinski definition) is 2. The van der Waals surface area contributed by atoms with Crippen LogP contribution in [0.1, 0.15) is 39.5 Å². The van der Waals surface area contributed by atoms with E-state index >= 15 is 0 Å². The second-order valence-electron chi connectivity index (χ2n) is 8.23. The van der Waals surface area contributed by atoms with Crippen LogP contribution in [0.4, 0.5) is 11.6 Å². The molecule has 9 heteroatoms. The van der Waals surface area contributed by atoms with Gasteiger partial charge in [-0.1, -0.05) is 12.1 Å². The van der Waals surface area contributed by atoms with E-state index in [2.05, 4.69) is 50.5 Å². The second-order valence-corrected chi connectivity index (χ2v) is 9.32. The van der Waals surface area contributed by atoms with E-state index in [4.69, 9.17) is 10.7 Å². The van der Waals surface area contributed by atoms with Crippen LogP contribution in [-0.2, 0) is 26.4 Å². The lowest BCUT2D eigenvalue weighted by molar-refractivity contribution is 0.682. The molecule has 33 heavy (non-hydrogen) atoms. The van der Waals surface area contributed by atoms with Crippen molar-refractivity contribution in [3.63, 3.8) is 0 Å². The summed E-state index contributed by atoms with van der Waals surface area (Å²) < 4.78 is 1.73. The molecule has 0 saturated heterocycles. The first kappa shape index (κ1) is 21.3. The van der Waals surface area contributed by atoms with Gasteiger partial charge in [0, 0.05) is 29.9 Å². The highest BCUT2D eigenvalue weighted by Gasteiger charge is 2.16. The number of aryl methyl sites for hydroxylation is 4. The van der Waals surface area contributed by atoms with E-state index in [1.807, 2.05) is 19.3 Å². The van der Waals surface area contributed by atoms with Crippen molar-refractivity contribution in [1.29, 1.82) is 0 Å². The fourth-order valence-corrected chi connectivity index (χ4v) is 5.00. The van der Waals surface area contributed by atoms with Gasteiger partial charge >= 0.3 is 0 Å². The summed E-state index contributed by atoms with van der Waals surface area (Å²) in [4.78, 5) is 19.7. The van der Waals surface area contributed by atoms with Crippen molar-refractivity contribution >= 4 is 28.8 Å². The SMILES string of the molecule is Cc1cc(-c2ccnc(Nc3cnn(C)c3)n2)ccc1CN=C(N)c1nc2c(s1)CCCC2. The third kappa shape index (κ3) is 4.78. The van der Waals surface area contributed by atoms with E-state index in [9.17, 15) is 0 Å². The molecule has 1 aliphatic rings. The Morgan fingerprint density at radius 2 is 2.09 bits per heavy atom. The molecule has 168 valence electrons. The van der Waals surface area contributed by atoms with Crippen LogP contribution in [0.5, 0.6) is 0 Å². The molecule has 0 spiro atoms. The topological polar surface area (TPSA) is 107 Å². The first-order valence-electron chi connectivity index (χ1n) is 11.0. The molecule has 0 fully saturated rings. The zero-order chi connectivity index (χ0) is 22.8. The number of thiazole rings is 1. The molecule has 0 unspecified atom stereocenters. The van der Waals surface area contributed by atoms with E-state index in [-0.39, 0.29) is 0 Å². The van der Waals surface area contributed by atoms with E-state index in [0.717, 1.165) is 45.9 Å². The monoisotopic (exact) mass is 458 g/mol. The zero-order valence-electron chi connectivity index (χ0n) is 18.7. The molecule has 0 aliphatic heterocycles. The lowest BCUT2D eigenvalue weighted by Gasteiger charge is -2.08. The molecule has 5 rings (SSSR count). The fourth-order valence-electron chi connectivity index (χ4n) is 3.93. The van der Waals surface area contributed by atoms with Crippen molar-refractivity contribution in [2.75, 3.05) is 5.32 Å². The first-order chi connectivity index (χ1) is 16.0.